The van der Waals surface area contributed by atoms with Gasteiger partial charge < -0.3 is 14.5 Å². The molecule has 2 aliphatic rings. The maximum Gasteiger partial charge on any atom is 0.341 e. The Hall–Kier alpha value is -2.64. The lowest BCUT2D eigenvalue weighted by molar-refractivity contribution is -0.384. The van der Waals surface area contributed by atoms with E-state index in [2.05, 4.69) is 0 Å². The summed E-state index contributed by atoms with van der Waals surface area (Å²) in [5, 5.41) is 11.1. The number of rotatable bonds is 5. The molecule has 2 heterocycles. The van der Waals surface area contributed by atoms with E-state index < -0.39 is 10.9 Å². The monoisotopic (exact) mass is 389 g/mol. The first-order chi connectivity index (χ1) is 13.6. The maximum absolute atomic E-state index is 12.7. The number of nitro benzene ring substituents is 1. The Balaban J connectivity index is 1.69. The molecule has 0 bridgehead atoms. The van der Waals surface area contributed by atoms with E-state index in [-0.39, 0.29) is 23.8 Å². The zero-order chi connectivity index (χ0) is 19.9. The Kier molecular flexibility index (Phi) is 6.84. The molecule has 0 N–H and O–H groups in total. The molecule has 0 aromatic heterocycles. The zero-order valence-corrected chi connectivity index (χ0v) is 16.1. The van der Waals surface area contributed by atoms with Crippen molar-refractivity contribution in [3.8, 4) is 0 Å². The number of carbonyl (C=O) groups is 2. The van der Waals surface area contributed by atoms with Crippen molar-refractivity contribution in [2.75, 3.05) is 37.7 Å². The highest BCUT2D eigenvalue weighted by Gasteiger charge is 2.24. The van der Waals surface area contributed by atoms with Crippen LogP contribution in [0.15, 0.2) is 18.2 Å². The Labute approximate surface area is 164 Å². The molecule has 1 amide bonds. The van der Waals surface area contributed by atoms with Crippen LogP contribution in [0.2, 0.25) is 0 Å². The number of non-ortho nitro benzene ring substituents is 1. The Morgan fingerprint density at radius 1 is 0.964 bits per heavy atom. The molecule has 8 nitrogen and oxygen atoms in total. The van der Waals surface area contributed by atoms with Gasteiger partial charge in [0, 0.05) is 38.3 Å². The van der Waals surface area contributed by atoms with Crippen LogP contribution >= 0.6 is 0 Å². The summed E-state index contributed by atoms with van der Waals surface area (Å²) in [7, 11) is 0. The number of carbonyl (C=O) groups excluding carboxylic acids is 2. The van der Waals surface area contributed by atoms with Gasteiger partial charge in [-0.1, -0.05) is 19.3 Å². The van der Waals surface area contributed by atoms with Crippen LogP contribution in [0.3, 0.4) is 0 Å². The largest absolute Gasteiger partial charge is 0.452 e. The molecular formula is C20H27N3O5. The third-order valence-corrected chi connectivity index (χ3v) is 5.39. The fourth-order valence-corrected chi connectivity index (χ4v) is 3.83. The predicted octanol–water partition coefficient (Wildman–Crippen LogP) is 3.14. The number of esters is 1. The molecular weight excluding hydrogens is 362 g/mol. The van der Waals surface area contributed by atoms with E-state index in [0.717, 1.165) is 51.6 Å². The number of hydrogen-bond donors (Lipinski definition) is 0. The number of nitro groups is 1. The average Bonchev–Trinajstić information content (AvgIpc) is 3.19. The Bertz CT molecular complexity index is 723. The molecule has 28 heavy (non-hydrogen) atoms. The lowest BCUT2D eigenvalue weighted by Crippen LogP contribution is -2.37. The minimum atomic E-state index is -0.689. The average molecular weight is 389 g/mol. The molecule has 1 aromatic rings. The van der Waals surface area contributed by atoms with Crippen LogP contribution in [0.4, 0.5) is 11.4 Å². The Morgan fingerprint density at radius 2 is 1.57 bits per heavy atom. The van der Waals surface area contributed by atoms with Gasteiger partial charge in [0.15, 0.2) is 6.61 Å². The number of likely N-dealkylation sites (tertiary alicyclic amines) is 1. The summed E-state index contributed by atoms with van der Waals surface area (Å²) in [4.78, 5) is 39.5. The van der Waals surface area contributed by atoms with Crippen molar-refractivity contribution in [3.63, 3.8) is 0 Å². The molecule has 0 spiro atoms. The second-order valence-electron chi connectivity index (χ2n) is 7.38. The Morgan fingerprint density at radius 3 is 2.21 bits per heavy atom. The molecule has 2 saturated heterocycles. The van der Waals surface area contributed by atoms with Crippen molar-refractivity contribution in [1.29, 1.82) is 0 Å². The maximum atomic E-state index is 12.7. The molecule has 3 rings (SSSR count). The summed E-state index contributed by atoms with van der Waals surface area (Å²) in [5.41, 5.74) is 0.619. The minimum Gasteiger partial charge on any atom is -0.452 e. The first kappa shape index (κ1) is 20.1. The molecule has 0 unspecified atom stereocenters. The van der Waals surface area contributed by atoms with Crippen molar-refractivity contribution in [1.82, 2.24) is 4.90 Å². The van der Waals surface area contributed by atoms with E-state index in [4.69, 9.17) is 4.74 Å². The normalized spacial score (nSPS) is 17.7. The van der Waals surface area contributed by atoms with Gasteiger partial charge in [0.1, 0.15) is 0 Å². The first-order valence-corrected chi connectivity index (χ1v) is 10.0. The molecule has 8 heteroatoms. The first-order valence-electron chi connectivity index (χ1n) is 10.0. The van der Waals surface area contributed by atoms with Gasteiger partial charge >= 0.3 is 5.97 Å². The zero-order valence-electron chi connectivity index (χ0n) is 16.1. The number of benzene rings is 1. The van der Waals surface area contributed by atoms with E-state index in [1.54, 1.807) is 11.0 Å². The van der Waals surface area contributed by atoms with Crippen molar-refractivity contribution < 1.29 is 19.2 Å². The smallest absolute Gasteiger partial charge is 0.341 e. The summed E-state index contributed by atoms with van der Waals surface area (Å²) < 4.78 is 5.27. The van der Waals surface area contributed by atoms with Crippen LogP contribution in [0.25, 0.3) is 0 Å². The van der Waals surface area contributed by atoms with Gasteiger partial charge in [-0.3, -0.25) is 14.9 Å². The highest BCUT2D eigenvalue weighted by molar-refractivity contribution is 5.97. The van der Waals surface area contributed by atoms with Gasteiger partial charge in [0.05, 0.1) is 16.2 Å². The third kappa shape index (κ3) is 4.99. The van der Waals surface area contributed by atoms with Gasteiger partial charge in [0.25, 0.3) is 11.6 Å². The van der Waals surface area contributed by atoms with Crippen molar-refractivity contribution in [2.45, 2.75) is 44.9 Å². The lowest BCUT2D eigenvalue weighted by Gasteiger charge is -2.25. The van der Waals surface area contributed by atoms with Crippen LogP contribution in [-0.4, -0.2) is 54.5 Å². The quantitative estimate of drug-likeness (QED) is 0.436. The number of anilines is 1. The number of hydrogen-bond acceptors (Lipinski definition) is 6. The topological polar surface area (TPSA) is 93.0 Å². The number of nitrogens with zero attached hydrogens (tertiary/aromatic N) is 3. The minimum absolute atomic E-state index is 0.150. The van der Waals surface area contributed by atoms with Crippen LogP contribution < -0.4 is 4.90 Å². The van der Waals surface area contributed by atoms with Gasteiger partial charge in [-0.25, -0.2) is 4.79 Å². The van der Waals surface area contributed by atoms with Gasteiger partial charge in [-0.2, -0.15) is 0 Å². The highest BCUT2D eigenvalue weighted by atomic mass is 16.6. The molecule has 2 aliphatic heterocycles. The summed E-state index contributed by atoms with van der Waals surface area (Å²) in [6.45, 7) is 2.63. The standard InChI is InChI=1S/C20H27N3O5/c24-19(22-12-4-2-1-3-5-13-22)15-28-20(25)17-14-16(23(26)27)8-9-18(17)21-10-6-7-11-21/h8-9,14H,1-7,10-13,15H2. The summed E-state index contributed by atoms with van der Waals surface area (Å²) in [5.74, 6) is -0.894. The third-order valence-electron chi connectivity index (χ3n) is 5.39. The van der Waals surface area contributed by atoms with E-state index in [9.17, 15) is 19.7 Å². The summed E-state index contributed by atoms with van der Waals surface area (Å²) in [6.07, 6.45) is 7.36. The molecule has 0 atom stereocenters. The predicted molar refractivity (Wildman–Crippen MR) is 104 cm³/mol. The van der Waals surface area contributed by atoms with E-state index in [1.807, 2.05) is 4.90 Å². The van der Waals surface area contributed by atoms with E-state index >= 15 is 0 Å². The van der Waals surface area contributed by atoms with Gasteiger partial charge in [0.2, 0.25) is 0 Å². The van der Waals surface area contributed by atoms with E-state index in [0.29, 0.717) is 18.8 Å². The molecule has 0 radical (unpaired) electrons. The number of ether oxygens (including phenoxy) is 1. The van der Waals surface area contributed by atoms with Crippen LogP contribution in [0, 0.1) is 10.1 Å². The molecule has 1 aromatic carbocycles. The summed E-state index contributed by atoms with van der Waals surface area (Å²) in [6, 6.07) is 4.24. The van der Waals surface area contributed by atoms with Crippen LogP contribution in [0.5, 0.6) is 0 Å². The van der Waals surface area contributed by atoms with Crippen molar-refractivity contribution in [3.05, 3.63) is 33.9 Å². The van der Waals surface area contributed by atoms with Gasteiger partial charge in [-0.15, -0.1) is 0 Å². The molecule has 152 valence electrons. The second kappa shape index (κ2) is 9.52. The fraction of sp³-hybridized carbons (Fsp3) is 0.600. The molecule has 0 saturated carbocycles. The van der Waals surface area contributed by atoms with Gasteiger partial charge in [-0.05, 0) is 31.7 Å². The van der Waals surface area contributed by atoms with Crippen LogP contribution in [0.1, 0.15) is 55.3 Å². The van der Waals surface area contributed by atoms with E-state index in [1.165, 1.54) is 18.6 Å². The lowest BCUT2D eigenvalue weighted by atomic mass is 10.1. The van der Waals surface area contributed by atoms with Crippen molar-refractivity contribution in [2.24, 2.45) is 0 Å². The SMILES string of the molecule is O=C(OCC(=O)N1CCCCCCC1)c1cc([N+](=O)[O-])ccc1N1CCCC1. The molecule has 0 aliphatic carbocycles. The highest BCUT2D eigenvalue weighted by Crippen LogP contribution is 2.29. The van der Waals surface area contributed by atoms with Crippen LogP contribution in [-0.2, 0) is 9.53 Å². The number of amides is 1. The fourth-order valence-electron chi connectivity index (χ4n) is 3.83. The summed E-state index contributed by atoms with van der Waals surface area (Å²) >= 11 is 0. The molecule has 2 fully saturated rings. The second-order valence-corrected chi connectivity index (χ2v) is 7.38. The van der Waals surface area contributed by atoms with Crippen molar-refractivity contribution >= 4 is 23.3 Å².